The molecule has 1 aromatic heterocycles. The summed E-state index contributed by atoms with van der Waals surface area (Å²) >= 11 is 1.89. The van der Waals surface area contributed by atoms with Gasteiger partial charge in [-0.1, -0.05) is 19.3 Å². The van der Waals surface area contributed by atoms with Gasteiger partial charge in [0.05, 0.1) is 5.69 Å². The number of rotatable bonds is 4. The van der Waals surface area contributed by atoms with Gasteiger partial charge in [0, 0.05) is 29.1 Å². The maximum Gasteiger partial charge on any atom is 0.227 e. The quantitative estimate of drug-likeness (QED) is 0.645. The zero-order valence-corrected chi connectivity index (χ0v) is 16.8. The third kappa shape index (κ3) is 3.56. The lowest BCUT2D eigenvalue weighted by molar-refractivity contribution is -0.117. The molecule has 2 aliphatic carbocycles. The average Bonchev–Trinajstić information content (AvgIpc) is 3.21. The van der Waals surface area contributed by atoms with Gasteiger partial charge in [0.15, 0.2) is 0 Å². The molecule has 1 saturated carbocycles. The molecule has 3 aliphatic rings. The number of carbonyl (C=O) groups excluding carboxylic acids is 1. The predicted octanol–water partition coefficient (Wildman–Crippen LogP) is 5.62. The number of fused-ring (bicyclic) bond motifs is 1. The van der Waals surface area contributed by atoms with Crippen LogP contribution in [0.4, 0.5) is 5.69 Å². The first-order valence-electron chi connectivity index (χ1n) is 10.7. The number of carbonyl (C=O) groups is 1. The van der Waals surface area contributed by atoms with E-state index in [1.165, 1.54) is 61.1 Å². The number of hydrogen-bond acceptors (Lipinski definition) is 3. The van der Waals surface area contributed by atoms with Gasteiger partial charge in [0.1, 0.15) is 5.01 Å². The van der Waals surface area contributed by atoms with Crippen molar-refractivity contribution in [3.63, 3.8) is 0 Å². The zero-order valence-electron chi connectivity index (χ0n) is 16.0. The Balaban J connectivity index is 1.27. The maximum absolute atomic E-state index is 11.9. The first-order chi connectivity index (χ1) is 13.3. The Morgan fingerprint density at radius 2 is 1.74 bits per heavy atom. The van der Waals surface area contributed by atoms with Gasteiger partial charge in [-0.25, -0.2) is 4.98 Å². The van der Waals surface area contributed by atoms with Crippen LogP contribution in [-0.2, 0) is 17.6 Å². The van der Waals surface area contributed by atoms with Gasteiger partial charge in [0.25, 0.3) is 0 Å². The number of amides is 1. The van der Waals surface area contributed by atoms with E-state index in [0.717, 1.165) is 41.9 Å². The molecule has 1 amide bonds. The van der Waals surface area contributed by atoms with Crippen molar-refractivity contribution >= 4 is 22.9 Å². The highest BCUT2D eigenvalue weighted by molar-refractivity contribution is 7.15. The highest BCUT2D eigenvalue weighted by atomic mass is 32.1. The summed E-state index contributed by atoms with van der Waals surface area (Å²) in [6.45, 7) is 0.853. The number of hydrogen-bond donors (Lipinski definition) is 0. The van der Waals surface area contributed by atoms with Crippen molar-refractivity contribution in [2.75, 3.05) is 11.4 Å². The monoisotopic (exact) mass is 380 g/mol. The molecule has 27 heavy (non-hydrogen) atoms. The van der Waals surface area contributed by atoms with Crippen LogP contribution in [0.15, 0.2) is 24.3 Å². The van der Waals surface area contributed by atoms with Crippen LogP contribution in [0.2, 0.25) is 0 Å². The highest BCUT2D eigenvalue weighted by Crippen LogP contribution is 2.39. The smallest absolute Gasteiger partial charge is 0.227 e. The van der Waals surface area contributed by atoms with E-state index in [4.69, 9.17) is 4.98 Å². The SMILES string of the molecule is O=C1CCCN1c1ccc(-c2nc3c(s2)CCC(CC2CCC2)CC3)cc1. The first kappa shape index (κ1) is 17.4. The second kappa shape index (κ2) is 7.38. The van der Waals surface area contributed by atoms with Crippen LogP contribution in [0.25, 0.3) is 10.6 Å². The standard InChI is InChI=1S/C23H28N2OS/c26-22-5-2-14-25(22)19-10-8-18(9-11-19)23-24-20-12-6-17(7-13-21(20)27-23)15-16-3-1-4-16/h8-11,16-17H,1-7,12-15H2. The van der Waals surface area contributed by atoms with Crippen LogP contribution in [0, 0.1) is 11.8 Å². The van der Waals surface area contributed by atoms with Crippen molar-refractivity contribution < 1.29 is 4.79 Å². The Bertz CT molecular complexity index is 796. The third-order valence-electron chi connectivity index (χ3n) is 6.74. The molecule has 0 N–H and O–H groups in total. The van der Waals surface area contributed by atoms with Gasteiger partial charge >= 0.3 is 0 Å². The van der Waals surface area contributed by atoms with E-state index < -0.39 is 0 Å². The first-order valence-corrected chi connectivity index (χ1v) is 11.5. The molecule has 0 radical (unpaired) electrons. The summed E-state index contributed by atoms with van der Waals surface area (Å²) in [6.07, 6.45) is 12.6. The Morgan fingerprint density at radius 3 is 2.44 bits per heavy atom. The molecule has 1 unspecified atom stereocenters. The van der Waals surface area contributed by atoms with Crippen molar-refractivity contribution in [3.8, 4) is 10.6 Å². The minimum absolute atomic E-state index is 0.250. The van der Waals surface area contributed by atoms with E-state index in [2.05, 4.69) is 24.3 Å². The second-order valence-corrected chi connectivity index (χ2v) is 9.64. The molecule has 1 atom stereocenters. The van der Waals surface area contributed by atoms with Crippen LogP contribution in [0.5, 0.6) is 0 Å². The topological polar surface area (TPSA) is 33.2 Å². The van der Waals surface area contributed by atoms with E-state index in [1.807, 2.05) is 16.2 Å². The number of aryl methyl sites for hydroxylation is 2. The molecule has 1 saturated heterocycles. The molecule has 3 nitrogen and oxygen atoms in total. The van der Waals surface area contributed by atoms with Crippen LogP contribution >= 0.6 is 11.3 Å². The van der Waals surface area contributed by atoms with E-state index in [0.29, 0.717) is 6.42 Å². The molecule has 2 fully saturated rings. The van der Waals surface area contributed by atoms with Crippen LogP contribution in [0.1, 0.15) is 61.9 Å². The number of nitrogens with zero attached hydrogens (tertiary/aromatic N) is 2. The molecule has 1 aliphatic heterocycles. The number of aromatic nitrogens is 1. The molecule has 142 valence electrons. The Hall–Kier alpha value is -1.68. The molecular formula is C23H28N2OS. The van der Waals surface area contributed by atoms with E-state index in [-0.39, 0.29) is 5.91 Å². The summed E-state index contributed by atoms with van der Waals surface area (Å²) in [5, 5.41) is 1.15. The highest BCUT2D eigenvalue weighted by Gasteiger charge is 2.26. The van der Waals surface area contributed by atoms with E-state index in [1.54, 1.807) is 0 Å². The summed E-state index contributed by atoms with van der Waals surface area (Å²) in [5.74, 6) is 2.19. The number of benzene rings is 1. The lowest BCUT2D eigenvalue weighted by atomic mass is 9.77. The minimum atomic E-state index is 0.250. The Labute approximate surface area is 165 Å². The maximum atomic E-state index is 11.9. The van der Waals surface area contributed by atoms with Crippen molar-refractivity contribution in [2.24, 2.45) is 11.8 Å². The summed E-state index contributed by atoms with van der Waals surface area (Å²) in [7, 11) is 0. The summed E-state index contributed by atoms with van der Waals surface area (Å²) in [5.41, 5.74) is 3.57. The van der Waals surface area contributed by atoms with Crippen molar-refractivity contribution in [3.05, 3.63) is 34.8 Å². The average molecular weight is 381 g/mol. The van der Waals surface area contributed by atoms with Gasteiger partial charge in [-0.3, -0.25) is 4.79 Å². The van der Waals surface area contributed by atoms with E-state index in [9.17, 15) is 4.79 Å². The zero-order chi connectivity index (χ0) is 18.2. The largest absolute Gasteiger partial charge is 0.312 e. The Morgan fingerprint density at radius 1 is 0.963 bits per heavy atom. The van der Waals surface area contributed by atoms with Gasteiger partial charge in [-0.15, -0.1) is 11.3 Å². The molecule has 2 heterocycles. The number of thiazole rings is 1. The Kier molecular flexibility index (Phi) is 4.76. The summed E-state index contributed by atoms with van der Waals surface area (Å²) in [6, 6.07) is 8.44. The minimum Gasteiger partial charge on any atom is -0.312 e. The van der Waals surface area contributed by atoms with E-state index >= 15 is 0 Å². The molecule has 4 heteroatoms. The fourth-order valence-corrected chi connectivity index (χ4v) is 5.99. The second-order valence-electron chi connectivity index (χ2n) is 8.56. The molecule has 0 spiro atoms. The van der Waals surface area contributed by atoms with Gasteiger partial charge in [-0.05, 0) is 74.6 Å². The van der Waals surface area contributed by atoms with Crippen molar-refractivity contribution in [1.29, 1.82) is 0 Å². The predicted molar refractivity (Wildman–Crippen MR) is 111 cm³/mol. The fourth-order valence-electron chi connectivity index (χ4n) is 4.86. The van der Waals surface area contributed by atoms with Crippen LogP contribution in [0.3, 0.4) is 0 Å². The van der Waals surface area contributed by atoms with Crippen LogP contribution in [-0.4, -0.2) is 17.4 Å². The fraction of sp³-hybridized carbons (Fsp3) is 0.565. The van der Waals surface area contributed by atoms with Gasteiger partial charge in [-0.2, -0.15) is 0 Å². The molecule has 1 aromatic carbocycles. The summed E-state index contributed by atoms with van der Waals surface area (Å²) < 4.78 is 0. The molecule has 0 bridgehead atoms. The van der Waals surface area contributed by atoms with Crippen molar-refractivity contribution in [2.45, 2.75) is 64.2 Å². The molecule has 2 aromatic rings. The van der Waals surface area contributed by atoms with Gasteiger partial charge < -0.3 is 4.90 Å². The lowest BCUT2D eigenvalue weighted by Gasteiger charge is -2.29. The lowest BCUT2D eigenvalue weighted by Crippen LogP contribution is -2.23. The van der Waals surface area contributed by atoms with Gasteiger partial charge in [0.2, 0.25) is 5.91 Å². The third-order valence-corrected chi connectivity index (χ3v) is 7.94. The van der Waals surface area contributed by atoms with Crippen molar-refractivity contribution in [1.82, 2.24) is 4.98 Å². The normalized spacial score (nSPS) is 23.2. The summed E-state index contributed by atoms with van der Waals surface area (Å²) in [4.78, 5) is 20.4. The molecular weight excluding hydrogens is 352 g/mol. The molecule has 5 rings (SSSR count). The number of anilines is 1. The van der Waals surface area contributed by atoms with Crippen LogP contribution < -0.4 is 4.90 Å².